The summed E-state index contributed by atoms with van der Waals surface area (Å²) in [5.74, 6) is -2.85. The number of thiophene rings is 1. The maximum Gasteiger partial charge on any atom is 0.251 e. The summed E-state index contributed by atoms with van der Waals surface area (Å²) >= 11 is 1.19. The molecule has 2 aromatic rings. The molecule has 2 amide bonds. The Kier molecular flexibility index (Phi) is 5.63. The first kappa shape index (κ1) is 18.0. The number of rotatable bonds is 6. The molecule has 0 spiro atoms. The number of hydrogen-bond acceptors (Lipinski definition) is 4. The van der Waals surface area contributed by atoms with Crippen LogP contribution < -0.4 is 16.4 Å². The predicted octanol–water partition coefficient (Wildman–Crippen LogP) is 2.80. The van der Waals surface area contributed by atoms with Crippen molar-refractivity contribution in [3.8, 4) is 0 Å². The van der Waals surface area contributed by atoms with E-state index in [4.69, 9.17) is 5.73 Å². The van der Waals surface area contributed by atoms with Crippen LogP contribution in [0.4, 0.5) is 13.8 Å². The van der Waals surface area contributed by atoms with E-state index in [1.165, 1.54) is 23.5 Å². The molecule has 0 saturated carbocycles. The lowest BCUT2D eigenvalue weighted by atomic mass is 10.1. The molecule has 24 heavy (non-hydrogen) atoms. The molecule has 4 N–H and O–H groups in total. The summed E-state index contributed by atoms with van der Waals surface area (Å²) in [5, 5.41) is 7.65. The smallest absolute Gasteiger partial charge is 0.251 e. The average molecular weight is 353 g/mol. The normalized spacial score (nSPS) is 13.3. The van der Waals surface area contributed by atoms with Crippen molar-refractivity contribution in [3.63, 3.8) is 0 Å². The van der Waals surface area contributed by atoms with Crippen LogP contribution in [-0.2, 0) is 4.79 Å². The van der Waals surface area contributed by atoms with Crippen molar-refractivity contribution in [2.45, 2.75) is 25.9 Å². The van der Waals surface area contributed by atoms with E-state index < -0.39 is 23.6 Å². The van der Waals surface area contributed by atoms with E-state index >= 15 is 0 Å². The second kappa shape index (κ2) is 7.50. The second-order valence-corrected chi connectivity index (χ2v) is 6.22. The Balaban J connectivity index is 2.01. The van der Waals surface area contributed by atoms with Gasteiger partial charge in [-0.15, -0.1) is 11.3 Å². The molecule has 2 unspecified atom stereocenters. The Morgan fingerprint density at radius 1 is 1.17 bits per heavy atom. The van der Waals surface area contributed by atoms with E-state index in [9.17, 15) is 18.4 Å². The fourth-order valence-electron chi connectivity index (χ4n) is 2.15. The van der Waals surface area contributed by atoms with Gasteiger partial charge in [-0.1, -0.05) is 6.07 Å². The van der Waals surface area contributed by atoms with Gasteiger partial charge >= 0.3 is 0 Å². The van der Waals surface area contributed by atoms with Crippen LogP contribution in [0.15, 0.2) is 29.6 Å². The van der Waals surface area contributed by atoms with Gasteiger partial charge in [-0.05, 0) is 43.0 Å². The SMILES string of the molecule is CC(NC(C)c1ccc(F)c(F)c1)C(=O)Nc1sccc1C(N)=O. The molecule has 5 nitrogen and oxygen atoms in total. The van der Waals surface area contributed by atoms with Crippen molar-refractivity contribution in [3.05, 3.63) is 52.4 Å². The van der Waals surface area contributed by atoms with Crippen LogP contribution in [0.1, 0.15) is 35.8 Å². The van der Waals surface area contributed by atoms with Crippen molar-refractivity contribution >= 4 is 28.2 Å². The zero-order valence-corrected chi connectivity index (χ0v) is 13.9. The summed E-state index contributed by atoms with van der Waals surface area (Å²) in [4.78, 5) is 23.5. The number of anilines is 1. The Labute approximate surface area is 141 Å². The fourth-order valence-corrected chi connectivity index (χ4v) is 2.94. The lowest BCUT2D eigenvalue weighted by molar-refractivity contribution is -0.117. The number of nitrogens with one attached hydrogen (secondary N) is 2. The third-order valence-corrected chi connectivity index (χ3v) is 4.33. The molecule has 0 radical (unpaired) electrons. The molecule has 0 aliphatic heterocycles. The van der Waals surface area contributed by atoms with Crippen LogP contribution in [0.3, 0.4) is 0 Å². The van der Waals surface area contributed by atoms with Gasteiger partial charge in [0.15, 0.2) is 11.6 Å². The second-order valence-electron chi connectivity index (χ2n) is 5.30. The Morgan fingerprint density at radius 2 is 1.88 bits per heavy atom. The first-order valence-electron chi connectivity index (χ1n) is 7.18. The van der Waals surface area contributed by atoms with Crippen LogP contribution in [0.25, 0.3) is 0 Å². The number of nitrogens with two attached hydrogens (primary N) is 1. The molecule has 2 atom stereocenters. The first-order valence-corrected chi connectivity index (χ1v) is 8.06. The minimum Gasteiger partial charge on any atom is -0.366 e. The van der Waals surface area contributed by atoms with Gasteiger partial charge in [0.2, 0.25) is 5.91 Å². The zero-order valence-electron chi connectivity index (χ0n) is 13.1. The van der Waals surface area contributed by atoms with E-state index in [1.54, 1.807) is 19.2 Å². The quantitative estimate of drug-likeness (QED) is 0.747. The van der Waals surface area contributed by atoms with Crippen molar-refractivity contribution in [1.29, 1.82) is 0 Å². The highest BCUT2D eigenvalue weighted by Gasteiger charge is 2.19. The lowest BCUT2D eigenvalue weighted by Gasteiger charge is -2.20. The fraction of sp³-hybridized carbons (Fsp3) is 0.250. The first-order chi connectivity index (χ1) is 11.3. The van der Waals surface area contributed by atoms with Gasteiger partial charge in [0, 0.05) is 6.04 Å². The minimum atomic E-state index is -0.942. The van der Waals surface area contributed by atoms with E-state index in [2.05, 4.69) is 10.6 Å². The predicted molar refractivity (Wildman–Crippen MR) is 88.8 cm³/mol. The lowest BCUT2D eigenvalue weighted by Crippen LogP contribution is -2.39. The van der Waals surface area contributed by atoms with Gasteiger partial charge in [-0.3, -0.25) is 14.9 Å². The van der Waals surface area contributed by atoms with E-state index in [0.29, 0.717) is 10.6 Å². The van der Waals surface area contributed by atoms with Crippen molar-refractivity contribution in [1.82, 2.24) is 5.32 Å². The topological polar surface area (TPSA) is 84.2 Å². The monoisotopic (exact) mass is 353 g/mol. The number of benzene rings is 1. The van der Waals surface area contributed by atoms with Gasteiger partial charge in [0.1, 0.15) is 5.00 Å². The molecule has 1 aromatic carbocycles. The zero-order chi connectivity index (χ0) is 17.9. The third-order valence-electron chi connectivity index (χ3n) is 3.50. The van der Waals surface area contributed by atoms with E-state index in [0.717, 1.165) is 12.1 Å². The number of halogens is 2. The Hall–Kier alpha value is -2.32. The van der Waals surface area contributed by atoms with Crippen LogP contribution in [0.5, 0.6) is 0 Å². The number of carbonyl (C=O) groups is 2. The number of carbonyl (C=O) groups excluding carboxylic acids is 2. The summed E-state index contributed by atoms with van der Waals surface area (Å²) in [6, 6.07) is 4.10. The highest BCUT2D eigenvalue weighted by Crippen LogP contribution is 2.23. The maximum atomic E-state index is 13.3. The van der Waals surface area contributed by atoms with Crippen molar-refractivity contribution in [2.75, 3.05) is 5.32 Å². The molecule has 128 valence electrons. The summed E-state index contributed by atoms with van der Waals surface area (Å²) < 4.78 is 26.3. The van der Waals surface area contributed by atoms with Gasteiger partial charge in [-0.2, -0.15) is 0 Å². The van der Waals surface area contributed by atoms with Crippen LogP contribution in [-0.4, -0.2) is 17.9 Å². The van der Waals surface area contributed by atoms with E-state index in [-0.39, 0.29) is 17.5 Å². The highest BCUT2D eigenvalue weighted by molar-refractivity contribution is 7.14. The van der Waals surface area contributed by atoms with Crippen LogP contribution in [0.2, 0.25) is 0 Å². The molecule has 1 aromatic heterocycles. The average Bonchev–Trinajstić information content (AvgIpc) is 2.98. The molecule has 0 aliphatic rings. The highest BCUT2D eigenvalue weighted by atomic mass is 32.1. The Morgan fingerprint density at radius 3 is 2.50 bits per heavy atom. The van der Waals surface area contributed by atoms with Crippen molar-refractivity contribution < 1.29 is 18.4 Å². The van der Waals surface area contributed by atoms with Gasteiger partial charge in [0.25, 0.3) is 5.91 Å². The molecule has 1 heterocycles. The maximum absolute atomic E-state index is 13.3. The van der Waals surface area contributed by atoms with E-state index in [1.807, 2.05) is 0 Å². The summed E-state index contributed by atoms with van der Waals surface area (Å²) in [6.07, 6.45) is 0. The van der Waals surface area contributed by atoms with Crippen LogP contribution >= 0.6 is 11.3 Å². The minimum absolute atomic E-state index is 0.245. The molecular formula is C16H17F2N3O2S. The summed E-state index contributed by atoms with van der Waals surface area (Å²) in [5.41, 5.74) is 5.99. The molecule has 2 rings (SSSR count). The van der Waals surface area contributed by atoms with Crippen molar-refractivity contribution in [2.24, 2.45) is 5.73 Å². The number of amides is 2. The third kappa shape index (κ3) is 4.15. The summed E-state index contributed by atoms with van der Waals surface area (Å²) in [6.45, 7) is 3.36. The largest absolute Gasteiger partial charge is 0.366 e. The molecule has 8 heteroatoms. The van der Waals surface area contributed by atoms with Gasteiger partial charge < -0.3 is 11.1 Å². The number of primary amides is 1. The van der Waals surface area contributed by atoms with Crippen LogP contribution in [0, 0.1) is 11.6 Å². The molecule has 0 saturated heterocycles. The van der Waals surface area contributed by atoms with Gasteiger partial charge in [0.05, 0.1) is 11.6 Å². The Bertz CT molecular complexity index is 764. The molecule has 0 aliphatic carbocycles. The molecule has 0 bridgehead atoms. The summed E-state index contributed by atoms with van der Waals surface area (Å²) in [7, 11) is 0. The molecule has 0 fully saturated rings. The number of hydrogen-bond donors (Lipinski definition) is 3. The molecular weight excluding hydrogens is 336 g/mol. The standard InChI is InChI=1S/C16H17F2N3O2S/c1-8(10-3-4-12(17)13(18)7-10)20-9(2)15(23)21-16-11(14(19)22)5-6-24-16/h3-9,20H,1-2H3,(H2,19,22)(H,21,23). The van der Waals surface area contributed by atoms with Gasteiger partial charge in [-0.25, -0.2) is 8.78 Å².